The third-order valence-electron chi connectivity index (χ3n) is 2.98. The Morgan fingerprint density at radius 1 is 1.50 bits per heavy atom. The first-order valence-corrected chi connectivity index (χ1v) is 5.62. The molecule has 1 aliphatic rings. The van der Waals surface area contributed by atoms with E-state index in [2.05, 4.69) is 5.92 Å². The van der Waals surface area contributed by atoms with Gasteiger partial charge in [0, 0.05) is 24.6 Å². The number of hydrogen-bond acceptors (Lipinski definition) is 2. The van der Waals surface area contributed by atoms with Crippen molar-refractivity contribution in [1.82, 2.24) is 0 Å². The zero-order chi connectivity index (χ0) is 13.3. The highest BCUT2D eigenvalue weighted by atomic mass is 16.4. The summed E-state index contributed by atoms with van der Waals surface area (Å²) in [5.74, 6) is 1.42. The molecule has 1 atom stereocenters. The van der Waals surface area contributed by atoms with Gasteiger partial charge in [-0.05, 0) is 30.7 Å². The summed E-state index contributed by atoms with van der Waals surface area (Å²) < 4.78 is 0. The number of carbonyl (C=O) groups is 2. The van der Waals surface area contributed by atoms with E-state index in [0.717, 1.165) is 5.56 Å². The number of nitrogens with zero attached hydrogens (tertiary/aromatic N) is 1. The third-order valence-corrected chi connectivity index (χ3v) is 2.98. The number of carbonyl (C=O) groups excluding carboxylic acids is 1. The van der Waals surface area contributed by atoms with Gasteiger partial charge in [0.1, 0.15) is 0 Å². The van der Waals surface area contributed by atoms with Crippen LogP contribution in [0.2, 0.25) is 0 Å². The lowest BCUT2D eigenvalue weighted by Crippen LogP contribution is -2.24. The number of hydrogen-bond donors (Lipinski definition) is 1. The second-order valence-electron chi connectivity index (χ2n) is 4.43. The Labute approximate surface area is 105 Å². The van der Waals surface area contributed by atoms with Gasteiger partial charge >= 0.3 is 5.97 Å². The van der Waals surface area contributed by atoms with E-state index in [9.17, 15) is 9.59 Å². The lowest BCUT2D eigenvalue weighted by Gasteiger charge is -2.17. The number of aryl methyl sites for hydroxylation is 1. The molecule has 1 heterocycles. The Morgan fingerprint density at radius 3 is 2.78 bits per heavy atom. The molecule has 0 radical (unpaired) electrons. The van der Waals surface area contributed by atoms with Crippen molar-refractivity contribution in [3.63, 3.8) is 0 Å². The number of aromatic carboxylic acids is 1. The molecular weight excluding hydrogens is 230 g/mol. The maximum Gasteiger partial charge on any atom is 0.335 e. The van der Waals surface area contributed by atoms with Crippen LogP contribution in [0.3, 0.4) is 0 Å². The average molecular weight is 243 g/mol. The largest absolute Gasteiger partial charge is 0.478 e. The molecule has 2 rings (SSSR count). The van der Waals surface area contributed by atoms with E-state index in [-0.39, 0.29) is 17.4 Å². The number of terminal acetylenes is 1. The molecule has 92 valence electrons. The summed E-state index contributed by atoms with van der Waals surface area (Å²) in [6.07, 6.45) is 5.65. The van der Waals surface area contributed by atoms with Gasteiger partial charge in [-0.25, -0.2) is 4.79 Å². The number of rotatable bonds is 2. The van der Waals surface area contributed by atoms with Crippen molar-refractivity contribution in [2.24, 2.45) is 5.92 Å². The zero-order valence-electron chi connectivity index (χ0n) is 10.0. The Morgan fingerprint density at radius 2 is 2.22 bits per heavy atom. The minimum absolute atomic E-state index is 0.0557. The van der Waals surface area contributed by atoms with E-state index in [1.165, 1.54) is 6.07 Å². The standard InChI is InChI=1S/C14H13NO3/c1-3-10-6-13(16)15(8-10)12-5-9(2)4-11(7-12)14(17)18/h1,4-5,7,10H,6,8H2,2H3,(H,17,18). The Hall–Kier alpha value is -2.28. The molecule has 1 unspecified atom stereocenters. The minimum Gasteiger partial charge on any atom is -0.478 e. The Balaban J connectivity index is 2.37. The first-order chi connectivity index (χ1) is 8.51. The highest BCUT2D eigenvalue weighted by molar-refractivity contribution is 5.98. The maximum absolute atomic E-state index is 11.8. The lowest BCUT2D eigenvalue weighted by molar-refractivity contribution is -0.117. The van der Waals surface area contributed by atoms with Crippen molar-refractivity contribution in [2.75, 3.05) is 11.4 Å². The van der Waals surface area contributed by atoms with Crippen LogP contribution < -0.4 is 4.90 Å². The molecule has 1 N–H and O–H groups in total. The second kappa shape index (κ2) is 4.53. The molecule has 0 bridgehead atoms. The summed E-state index contributed by atoms with van der Waals surface area (Å²) in [7, 11) is 0. The fraction of sp³-hybridized carbons (Fsp3) is 0.286. The SMILES string of the molecule is C#CC1CC(=O)N(c2cc(C)cc(C(=O)O)c2)C1. The van der Waals surface area contributed by atoms with Crippen LogP contribution in [0.5, 0.6) is 0 Å². The predicted octanol–water partition coefficient (Wildman–Crippen LogP) is 1.68. The second-order valence-corrected chi connectivity index (χ2v) is 4.43. The van der Waals surface area contributed by atoms with Crippen LogP contribution in [0.25, 0.3) is 0 Å². The first-order valence-electron chi connectivity index (χ1n) is 5.62. The van der Waals surface area contributed by atoms with Crippen LogP contribution in [0.1, 0.15) is 22.3 Å². The molecule has 0 aliphatic carbocycles. The quantitative estimate of drug-likeness (QED) is 0.804. The fourth-order valence-corrected chi connectivity index (χ4v) is 2.11. The van der Waals surface area contributed by atoms with E-state index >= 15 is 0 Å². The van der Waals surface area contributed by atoms with Crippen LogP contribution in [-0.4, -0.2) is 23.5 Å². The van der Waals surface area contributed by atoms with Gasteiger partial charge < -0.3 is 10.0 Å². The monoisotopic (exact) mass is 243 g/mol. The van der Waals surface area contributed by atoms with Gasteiger partial charge in [0.15, 0.2) is 0 Å². The average Bonchev–Trinajstić information content (AvgIpc) is 2.69. The van der Waals surface area contributed by atoms with E-state index in [1.54, 1.807) is 24.0 Å². The molecule has 4 nitrogen and oxygen atoms in total. The minimum atomic E-state index is -1.000. The number of benzene rings is 1. The molecule has 18 heavy (non-hydrogen) atoms. The molecule has 1 aromatic carbocycles. The van der Waals surface area contributed by atoms with Gasteiger partial charge in [0.05, 0.1) is 5.56 Å². The van der Waals surface area contributed by atoms with Crippen molar-refractivity contribution >= 4 is 17.6 Å². The van der Waals surface area contributed by atoms with Crippen molar-refractivity contribution in [2.45, 2.75) is 13.3 Å². The van der Waals surface area contributed by atoms with E-state index < -0.39 is 5.97 Å². The summed E-state index contributed by atoms with van der Waals surface area (Å²) in [6, 6.07) is 4.88. The molecule has 0 saturated carbocycles. The first kappa shape index (κ1) is 12.2. The van der Waals surface area contributed by atoms with E-state index in [0.29, 0.717) is 18.7 Å². The maximum atomic E-state index is 11.8. The Kier molecular flexibility index (Phi) is 3.07. The highest BCUT2D eigenvalue weighted by Crippen LogP contribution is 2.26. The third kappa shape index (κ3) is 2.21. The van der Waals surface area contributed by atoms with Crippen LogP contribution in [0.4, 0.5) is 5.69 Å². The topological polar surface area (TPSA) is 57.6 Å². The Bertz CT molecular complexity index is 557. The molecule has 1 aliphatic heterocycles. The van der Waals surface area contributed by atoms with Gasteiger partial charge in [0.2, 0.25) is 5.91 Å². The van der Waals surface area contributed by atoms with Crippen LogP contribution in [0.15, 0.2) is 18.2 Å². The van der Waals surface area contributed by atoms with Gasteiger partial charge in [-0.3, -0.25) is 4.79 Å². The van der Waals surface area contributed by atoms with Crippen molar-refractivity contribution in [1.29, 1.82) is 0 Å². The van der Waals surface area contributed by atoms with Gasteiger partial charge in [0.25, 0.3) is 0 Å². The molecule has 1 aromatic rings. The van der Waals surface area contributed by atoms with Crippen molar-refractivity contribution in [3.05, 3.63) is 29.3 Å². The number of carboxylic acid groups (broad SMARTS) is 1. The normalized spacial score (nSPS) is 18.8. The molecule has 4 heteroatoms. The van der Waals surface area contributed by atoms with Gasteiger partial charge in [-0.15, -0.1) is 12.3 Å². The molecule has 1 fully saturated rings. The van der Waals surface area contributed by atoms with Crippen LogP contribution in [-0.2, 0) is 4.79 Å². The lowest BCUT2D eigenvalue weighted by atomic mass is 10.1. The summed E-state index contributed by atoms with van der Waals surface area (Å²) in [4.78, 5) is 24.4. The molecule has 1 saturated heterocycles. The number of amides is 1. The number of anilines is 1. The number of carboxylic acids is 1. The molecule has 1 amide bonds. The van der Waals surface area contributed by atoms with E-state index in [4.69, 9.17) is 11.5 Å². The summed E-state index contributed by atoms with van der Waals surface area (Å²) >= 11 is 0. The highest BCUT2D eigenvalue weighted by Gasteiger charge is 2.29. The summed E-state index contributed by atoms with van der Waals surface area (Å²) in [5.41, 5.74) is 1.60. The molecule has 0 spiro atoms. The van der Waals surface area contributed by atoms with Crippen LogP contribution >= 0.6 is 0 Å². The van der Waals surface area contributed by atoms with Gasteiger partial charge in [-0.2, -0.15) is 0 Å². The molecular formula is C14H13NO3. The summed E-state index contributed by atoms with van der Waals surface area (Å²) in [5, 5.41) is 9.00. The van der Waals surface area contributed by atoms with Crippen LogP contribution in [0, 0.1) is 25.2 Å². The predicted molar refractivity (Wildman–Crippen MR) is 67.4 cm³/mol. The smallest absolute Gasteiger partial charge is 0.335 e. The summed E-state index contributed by atoms with van der Waals surface area (Å²) in [6.45, 7) is 2.26. The van der Waals surface area contributed by atoms with Gasteiger partial charge in [-0.1, -0.05) is 0 Å². The van der Waals surface area contributed by atoms with Crippen molar-refractivity contribution in [3.8, 4) is 12.3 Å². The van der Waals surface area contributed by atoms with E-state index in [1.807, 2.05) is 0 Å². The molecule has 0 aromatic heterocycles. The zero-order valence-corrected chi connectivity index (χ0v) is 10.0. The fourth-order valence-electron chi connectivity index (χ4n) is 2.11. The van der Waals surface area contributed by atoms with Crippen molar-refractivity contribution < 1.29 is 14.7 Å².